The first-order valence-electron chi connectivity index (χ1n) is 5.16. The van der Waals surface area contributed by atoms with Crippen molar-refractivity contribution >= 4 is 13.2 Å². The zero-order chi connectivity index (χ0) is 13.9. The zero-order valence-corrected chi connectivity index (χ0v) is 10.0. The number of carbonyl (C=O) groups is 1. The number of hydrogen-bond donors (Lipinski definition) is 0. The minimum atomic E-state index is -6.00. The highest BCUT2D eigenvalue weighted by molar-refractivity contribution is 6.50. The zero-order valence-electron chi connectivity index (χ0n) is 10.0. The van der Waals surface area contributed by atoms with Gasteiger partial charge in [0.15, 0.2) is 0 Å². The average Bonchev–Trinajstić information content (AvgIpc) is 2.14. The van der Waals surface area contributed by atoms with Crippen LogP contribution >= 0.6 is 0 Å². The van der Waals surface area contributed by atoms with Gasteiger partial charge >= 0.3 is 13.2 Å². The SMILES string of the molecule is C=C(C)C(=O)OCCCC[CH]C.F[B-](F)(F)F. The lowest BCUT2D eigenvalue weighted by Crippen LogP contribution is -2.05. The minimum absolute atomic E-state index is 0.282. The Hall–Kier alpha value is -1.01. The number of rotatable bonds is 6. The molecule has 2 nitrogen and oxygen atoms in total. The summed E-state index contributed by atoms with van der Waals surface area (Å²) in [7, 11) is -6.00. The van der Waals surface area contributed by atoms with Gasteiger partial charge in [-0.1, -0.05) is 19.9 Å². The van der Waals surface area contributed by atoms with Gasteiger partial charge in [0.2, 0.25) is 0 Å². The van der Waals surface area contributed by atoms with Gasteiger partial charge in [-0.05, 0) is 26.2 Å². The first-order chi connectivity index (χ1) is 7.68. The third kappa shape index (κ3) is 25.3. The van der Waals surface area contributed by atoms with Crippen molar-refractivity contribution in [3.63, 3.8) is 0 Å². The van der Waals surface area contributed by atoms with Crippen LogP contribution in [-0.4, -0.2) is 19.8 Å². The van der Waals surface area contributed by atoms with Gasteiger partial charge in [0.25, 0.3) is 0 Å². The second-order valence-corrected chi connectivity index (χ2v) is 3.32. The maximum atomic E-state index is 10.8. The quantitative estimate of drug-likeness (QED) is 0.237. The Morgan fingerprint density at radius 2 is 1.76 bits per heavy atom. The summed E-state index contributed by atoms with van der Waals surface area (Å²) >= 11 is 0. The third-order valence-corrected chi connectivity index (χ3v) is 1.47. The molecule has 0 aromatic carbocycles. The molecule has 17 heavy (non-hydrogen) atoms. The average molecular weight is 256 g/mol. The summed E-state index contributed by atoms with van der Waals surface area (Å²) in [6.07, 6.45) is 5.22. The van der Waals surface area contributed by atoms with Crippen molar-refractivity contribution in [3.05, 3.63) is 18.6 Å². The fraction of sp³-hybridized carbons (Fsp3) is 0.600. The molecule has 0 heterocycles. The van der Waals surface area contributed by atoms with Crippen LogP contribution in [0.15, 0.2) is 12.2 Å². The summed E-state index contributed by atoms with van der Waals surface area (Å²) in [4.78, 5) is 10.8. The highest BCUT2D eigenvalue weighted by Crippen LogP contribution is 2.06. The summed E-state index contributed by atoms with van der Waals surface area (Å²) in [5, 5.41) is 0. The van der Waals surface area contributed by atoms with E-state index in [1.165, 1.54) is 0 Å². The molecule has 0 rings (SSSR count). The van der Waals surface area contributed by atoms with E-state index in [2.05, 4.69) is 13.0 Å². The summed E-state index contributed by atoms with van der Waals surface area (Å²) in [6, 6.07) is 0. The second-order valence-electron chi connectivity index (χ2n) is 3.32. The van der Waals surface area contributed by atoms with Crippen LogP contribution in [0.3, 0.4) is 0 Å². The first kappa shape index (κ1) is 18.4. The minimum Gasteiger partial charge on any atom is -0.462 e. The third-order valence-electron chi connectivity index (χ3n) is 1.47. The number of carbonyl (C=O) groups excluding carboxylic acids is 1. The Morgan fingerprint density at radius 1 is 1.29 bits per heavy atom. The van der Waals surface area contributed by atoms with Gasteiger partial charge in [-0.15, -0.1) is 0 Å². The summed E-state index contributed by atoms with van der Waals surface area (Å²) in [5.41, 5.74) is 0.469. The molecule has 0 N–H and O–H groups in total. The van der Waals surface area contributed by atoms with Crippen LogP contribution < -0.4 is 0 Å². The number of hydrogen-bond acceptors (Lipinski definition) is 2. The molecule has 0 atom stereocenters. The smallest absolute Gasteiger partial charge is 0.462 e. The van der Waals surface area contributed by atoms with Crippen molar-refractivity contribution < 1.29 is 26.8 Å². The van der Waals surface area contributed by atoms with Gasteiger partial charge in [-0.2, -0.15) is 0 Å². The molecule has 0 aromatic rings. The van der Waals surface area contributed by atoms with Gasteiger partial charge in [-0.25, -0.2) is 4.79 Å². The molecule has 0 saturated carbocycles. The van der Waals surface area contributed by atoms with Gasteiger partial charge in [0.1, 0.15) is 0 Å². The number of ether oxygens (including phenoxy) is 1. The Kier molecular flexibility index (Phi) is 11.0. The molecule has 0 bridgehead atoms. The summed E-state index contributed by atoms with van der Waals surface area (Å²) in [5.74, 6) is -0.282. The molecule has 1 radical (unpaired) electrons. The summed E-state index contributed by atoms with van der Waals surface area (Å²) < 4.78 is 43.9. The van der Waals surface area contributed by atoms with Crippen LogP contribution in [0, 0.1) is 6.42 Å². The number of esters is 1. The highest BCUT2D eigenvalue weighted by atomic mass is 19.5. The molecule has 0 aliphatic carbocycles. The molecule has 101 valence electrons. The van der Waals surface area contributed by atoms with Crippen molar-refractivity contribution in [1.29, 1.82) is 0 Å². The highest BCUT2D eigenvalue weighted by Gasteiger charge is 2.20. The van der Waals surface area contributed by atoms with E-state index in [0.29, 0.717) is 12.2 Å². The van der Waals surface area contributed by atoms with E-state index in [1.807, 2.05) is 6.92 Å². The molecule has 0 unspecified atom stereocenters. The molecule has 0 spiro atoms. The number of halogens is 4. The summed E-state index contributed by atoms with van der Waals surface area (Å²) in [6.45, 7) is 7.69. The van der Waals surface area contributed by atoms with E-state index in [9.17, 15) is 22.1 Å². The fourth-order valence-corrected chi connectivity index (χ4v) is 0.739. The van der Waals surface area contributed by atoms with Crippen LogP contribution in [0.1, 0.15) is 33.1 Å². The molecule has 0 aliphatic heterocycles. The lowest BCUT2D eigenvalue weighted by Gasteiger charge is -2.02. The first-order valence-corrected chi connectivity index (χ1v) is 5.16. The molecule has 0 fully saturated rings. The number of unbranched alkanes of at least 4 members (excludes halogenated alkanes) is 3. The van der Waals surface area contributed by atoms with Crippen molar-refractivity contribution in [2.45, 2.75) is 33.1 Å². The van der Waals surface area contributed by atoms with E-state index in [0.717, 1.165) is 19.3 Å². The maximum absolute atomic E-state index is 10.8. The fourth-order valence-electron chi connectivity index (χ4n) is 0.739. The normalized spacial score (nSPS) is 10.2. The predicted octanol–water partition coefficient (Wildman–Crippen LogP) is 3.80. The van der Waals surface area contributed by atoms with Crippen molar-refractivity contribution in [1.82, 2.24) is 0 Å². The van der Waals surface area contributed by atoms with Crippen LogP contribution in [0.5, 0.6) is 0 Å². The Labute approximate surface area is 99.1 Å². The standard InChI is InChI=1S/C10H17O2.BF4/c1-4-5-6-7-8-12-10(11)9(2)3;2-1(3,4)5/h4H,2,5-8H2,1,3H3;/q;-1. The van der Waals surface area contributed by atoms with Crippen molar-refractivity contribution in [2.24, 2.45) is 0 Å². The molecule has 0 aliphatic rings. The van der Waals surface area contributed by atoms with Crippen molar-refractivity contribution in [3.8, 4) is 0 Å². The topological polar surface area (TPSA) is 26.3 Å². The predicted molar refractivity (Wildman–Crippen MR) is 59.8 cm³/mol. The lowest BCUT2D eigenvalue weighted by molar-refractivity contribution is -0.139. The van der Waals surface area contributed by atoms with E-state index in [4.69, 9.17) is 4.74 Å². The molecule has 7 heteroatoms. The van der Waals surface area contributed by atoms with E-state index in [-0.39, 0.29) is 5.97 Å². The molecular weight excluding hydrogens is 239 g/mol. The van der Waals surface area contributed by atoms with Crippen LogP contribution in [0.2, 0.25) is 0 Å². The van der Waals surface area contributed by atoms with Crippen molar-refractivity contribution in [2.75, 3.05) is 6.61 Å². The van der Waals surface area contributed by atoms with Crippen LogP contribution in [0.25, 0.3) is 0 Å². The molecular formula is C10H17BF4O2-. The van der Waals surface area contributed by atoms with E-state index in [1.54, 1.807) is 6.92 Å². The molecule has 0 aromatic heterocycles. The van der Waals surface area contributed by atoms with Gasteiger partial charge in [0.05, 0.1) is 6.61 Å². The van der Waals surface area contributed by atoms with E-state index >= 15 is 0 Å². The molecule has 0 saturated heterocycles. The maximum Gasteiger partial charge on any atom is 0.673 e. The van der Waals surface area contributed by atoms with Gasteiger partial charge < -0.3 is 22.0 Å². The Balaban J connectivity index is 0. The Bertz CT molecular complexity index is 223. The monoisotopic (exact) mass is 256 g/mol. The van der Waals surface area contributed by atoms with Crippen LogP contribution in [0.4, 0.5) is 17.3 Å². The lowest BCUT2D eigenvalue weighted by atomic mass is 10.2. The largest absolute Gasteiger partial charge is 0.673 e. The van der Waals surface area contributed by atoms with Crippen LogP contribution in [-0.2, 0) is 9.53 Å². The second kappa shape index (κ2) is 10.2. The van der Waals surface area contributed by atoms with Gasteiger partial charge in [-0.3, -0.25) is 0 Å². The Morgan fingerprint density at radius 3 is 2.12 bits per heavy atom. The van der Waals surface area contributed by atoms with Gasteiger partial charge in [0, 0.05) is 5.57 Å². The van der Waals surface area contributed by atoms with E-state index < -0.39 is 7.25 Å². The molecule has 0 amide bonds.